The summed E-state index contributed by atoms with van der Waals surface area (Å²) in [6.45, 7) is 2.18. The van der Waals surface area contributed by atoms with Gasteiger partial charge in [0.1, 0.15) is 5.02 Å². The summed E-state index contributed by atoms with van der Waals surface area (Å²) in [4.78, 5) is 26.2. The van der Waals surface area contributed by atoms with Gasteiger partial charge in [-0.3, -0.25) is 19.9 Å². The molecule has 7 heteroatoms. The Kier molecular flexibility index (Phi) is 4.49. The van der Waals surface area contributed by atoms with Gasteiger partial charge < -0.3 is 5.32 Å². The lowest BCUT2D eigenvalue weighted by Crippen LogP contribution is -2.23. The number of hydrogen-bond acceptors (Lipinski definition) is 4. The number of nitro benzene ring substituents is 1. The molecule has 0 fully saturated rings. The number of pyridine rings is 1. The third-order valence-electron chi connectivity index (χ3n) is 3.00. The van der Waals surface area contributed by atoms with E-state index in [1.807, 2.05) is 6.92 Å². The van der Waals surface area contributed by atoms with Crippen LogP contribution in [0.2, 0.25) is 5.02 Å². The van der Waals surface area contributed by atoms with Gasteiger partial charge >= 0.3 is 0 Å². The zero-order chi connectivity index (χ0) is 15.4. The van der Waals surface area contributed by atoms with E-state index in [0.717, 1.165) is 11.1 Å². The van der Waals surface area contributed by atoms with Crippen molar-refractivity contribution < 1.29 is 9.72 Å². The Morgan fingerprint density at radius 1 is 1.43 bits per heavy atom. The van der Waals surface area contributed by atoms with Crippen LogP contribution in [-0.4, -0.2) is 15.8 Å². The van der Waals surface area contributed by atoms with Crippen molar-refractivity contribution in [3.8, 4) is 0 Å². The molecule has 2 rings (SSSR count). The van der Waals surface area contributed by atoms with Gasteiger partial charge in [0, 0.05) is 25.0 Å². The predicted octanol–water partition coefficient (Wildman–Crippen LogP) is 2.88. The number of carbonyl (C=O) groups excluding carboxylic acids is 1. The van der Waals surface area contributed by atoms with Gasteiger partial charge in [-0.05, 0) is 30.2 Å². The van der Waals surface area contributed by atoms with E-state index in [0.29, 0.717) is 6.54 Å². The SMILES string of the molecule is Cc1cnccc1CNC(=O)c1cccc([N+](=O)[O-])c1Cl. The van der Waals surface area contributed by atoms with Gasteiger partial charge in [0.25, 0.3) is 11.6 Å². The molecule has 0 aliphatic heterocycles. The van der Waals surface area contributed by atoms with Crippen LogP contribution < -0.4 is 5.32 Å². The molecule has 108 valence electrons. The van der Waals surface area contributed by atoms with Crippen molar-refractivity contribution in [2.75, 3.05) is 0 Å². The summed E-state index contributed by atoms with van der Waals surface area (Å²) in [6, 6.07) is 5.93. The molecule has 21 heavy (non-hydrogen) atoms. The van der Waals surface area contributed by atoms with Gasteiger partial charge in [-0.25, -0.2) is 0 Å². The first kappa shape index (κ1) is 14.9. The molecular weight excluding hydrogens is 294 g/mol. The average molecular weight is 306 g/mol. The van der Waals surface area contributed by atoms with Crippen LogP contribution >= 0.6 is 11.6 Å². The molecule has 0 aliphatic rings. The van der Waals surface area contributed by atoms with Crippen LogP contribution in [0.4, 0.5) is 5.69 Å². The van der Waals surface area contributed by atoms with Gasteiger partial charge in [0.15, 0.2) is 0 Å². The molecule has 0 radical (unpaired) electrons. The minimum atomic E-state index is -0.619. The van der Waals surface area contributed by atoms with Crippen molar-refractivity contribution in [2.45, 2.75) is 13.5 Å². The summed E-state index contributed by atoms with van der Waals surface area (Å²) in [7, 11) is 0. The van der Waals surface area contributed by atoms with Crippen molar-refractivity contribution in [1.29, 1.82) is 0 Å². The third-order valence-corrected chi connectivity index (χ3v) is 3.39. The highest BCUT2D eigenvalue weighted by Gasteiger charge is 2.19. The lowest BCUT2D eigenvalue weighted by Gasteiger charge is -2.08. The lowest BCUT2D eigenvalue weighted by molar-refractivity contribution is -0.384. The number of carbonyl (C=O) groups is 1. The topological polar surface area (TPSA) is 85.1 Å². The summed E-state index contributed by atoms with van der Waals surface area (Å²) in [5.41, 5.74) is 1.66. The lowest BCUT2D eigenvalue weighted by atomic mass is 10.1. The molecule has 1 amide bonds. The number of hydrogen-bond donors (Lipinski definition) is 1. The molecule has 0 aliphatic carbocycles. The zero-order valence-corrected chi connectivity index (χ0v) is 11.9. The van der Waals surface area contributed by atoms with E-state index >= 15 is 0 Å². The van der Waals surface area contributed by atoms with Gasteiger partial charge in [-0.1, -0.05) is 17.7 Å². The number of nitrogens with zero attached hydrogens (tertiary/aromatic N) is 2. The molecule has 0 saturated heterocycles. The van der Waals surface area contributed by atoms with Crippen molar-refractivity contribution in [3.05, 3.63) is 68.5 Å². The second-order valence-corrected chi connectivity index (χ2v) is 4.76. The highest BCUT2D eigenvalue weighted by Crippen LogP contribution is 2.27. The monoisotopic (exact) mass is 305 g/mol. The van der Waals surface area contributed by atoms with Crippen LogP contribution in [0.15, 0.2) is 36.7 Å². The van der Waals surface area contributed by atoms with Crippen molar-refractivity contribution in [1.82, 2.24) is 10.3 Å². The maximum atomic E-state index is 12.1. The second kappa shape index (κ2) is 6.32. The number of rotatable bonds is 4. The van der Waals surface area contributed by atoms with Crippen molar-refractivity contribution >= 4 is 23.2 Å². The number of nitrogens with one attached hydrogen (secondary N) is 1. The standard InChI is InChI=1S/C14H12ClN3O3/c1-9-7-16-6-5-10(9)8-17-14(19)11-3-2-4-12(13(11)15)18(20)21/h2-7H,8H2,1H3,(H,17,19). The summed E-state index contributed by atoms with van der Waals surface area (Å²) >= 11 is 5.90. The Bertz CT molecular complexity index is 704. The van der Waals surface area contributed by atoms with Crippen LogP contribution in [0.25, 0.3) is 0 Å². The molecule has 1 aromatic heterocycles. The minimum Gasteiger partial charge on any atom is -0.348 e. The smallest absolute Gasteiger partial charge is 0.288 e. The number of benzene rings is 1. The van der Waals surface area contributed by atoms with E-state index in [2.05, 4.69) is 10.3 Å². The summed E-state index contributed by atoms with van der Waals surface area (Å²) < 4.78 is 0. The maximum absolute atomic E-state index is 12.1. The van der Waals surface area contributed by atoms with E-state index in [9.17, 15) is 14.9 Å². The zero-order valence-electron chi connectivity index (χ0n) is 11.2. The molecule has 0 bridgehead atoms. The molecule has 1 N–H and O–H groups in total. The minimum absolute atomic E-state index is 0.0811. The Morgan fingerprint density at radius 3 is 2.86 bits per heavy atom. The third kappa shape index (κ3) is 3.35. The van der Waals surface area contributed by atoms with Crippen molar-refractivity contribution in [2.24, 2.45) is 0 Å². The summed E-state index contributed by atoms with van der Waals surface area (Å²) in [5, 5.41) is 13.3. The predicted molar refractivity (Wildman–Crippen MR) is 78.3 cm³/mol. The number of halogens is 1. The first-order chi connectivity index (χ1) is 10.0. The average Bonchev–Trinajstić information content (AvgIpc) is 2.46. The van der Waals surface area contributed by atoms with E-state index in [-0.39, 0.29) is 16.3 Å². The summed E-state index contributed by atoms with van der Waals surface area (Å²) in [5.74, 6) is -0.458. The molecule has 1 aromatic carbocycles. The van der Waals surface area contributed by atoms with Crippen LogP contribution in [0, 0.1) is 17.0 Å². The van der Waals surface area contributed by atoms with Gasteiger partial charge in [-0.2, -0.15) is 0 Å². The fourth-order valence-electron chi connectivity index (χ4n) is 1.81. The number of nitro groups is 1. The number of aryl methyl sites for hydroxylation is 1. The molecule has 0 unspecified atom stereocenters. The highest BCUT2D eigenvalue weighted by atomic mass is 35.5. The summed E-state index contributed by atoms with van der Waals surface area (Å²) in [6.07, 6.45) is 3.33. The Morgan fingerprint density at radius 2 is 2.19 bits per heavy atom. The van der Waals surface area contributed by atoms with Crippen LogP contribution in [0.5, 0.6) is 0 Å². The molecule has 2 aromatic rings. The molecule has 0 spiro atoms. The van der Waals surface area contributed by atoms with Crippen LogP contribution in [0.1, 0.15) is 21.5 Å². The van der Waals surface area contributed by atoms with Gasteiger partial charge in [0.2, 0.25) is 0 Å². The first-order valence-corrected chi connectivity index (χ1v) is 6.49. The Balaban J connectivity index is 2.16. The fraction of sp³-hybridized carbons (Fsp3) is 0.143. The van der Waals surface area contributed by atoms with E-state index in [4.69, 9.17) is 11.6 Å². The number of amides is 1. The number of aromatic nitrogens is 1. The van der Waals surface area contributed by atoms with E-state index in [1.165, 1.54) is 18.2 Å². The fourth-order valence-corrected chi connectivity index (χ4v) is 2.09. The van der Waals surface area contributed by atoms with E-state index < -0.39 is 10.8 Å². The molecule has 1 heterocycles. The molecular formula is C14H12ClN3O3. The van der Waals surface area contributed by atoms with E-state index in [1.54, 1.807) is 18.5 Å². The molecule has 6 nitrogen and oxygen atoms in total. The largest absolute Gasteiger partial charge is 0.348 e. The van der Waals surface area contributed by atoms with Crippen LogP contribution in [0.3, 0.4) is 0 Å². The first-order valence-electron chi connectivity index (χ1n) is 6.11. The van der Waals surface area contributed by atoms with Crippen LogP contribution in [-0.2, 0) is 6.54 Å². The Labute approximate surface area is 125 Å². The normalized spacial score (nSPS) is 10.2. The molecule has 0 saturated carbocycles. The highest BCUT2D eigenvalue weighted by molar-refractivity contribution is 6.35. The quantitative estimate of drug-likeness (QED) is 0.695. The maximum Gasteiger partial charge on any atom is 0.288 e. The van der Waals surface area contributed by atoms with Gasteiger partial charge in [-0.15, -0.1) is 0 Å². The molecule has 0 atom stereocenters. The Hall–Kier alpha value is -2.47. The van der Waals surface area contributed by atoms with Crippen molar-refractivity contribution in [3.63, 3.8) is 0 Å². The second-order valence-electron chi connectivity index (χ2n) is 4.38. The van der Waals surface area contributed by atoms with Gasteiger partial charge in [0.05, 0.1) is 10.5 Å².